The molecule has 0 spiro atoms. The van der Waals surface area contributed by atoms with Crippen LogP contribution in [-0.2, 0) is 11.3 Å². The normalized spacial score (nSPS) is 13.4. The van der Waals surface area contributed by atoms with Crippen molar-refractivity contribution >= 4 is 33.4 Å². The van der Waals surface area contributed by atoms with Gasteiger partial charge in [-0.15, -0.1) is 0 Å². The second-order valence-corrected chi connectivity index (χ2v) is 6.95. The Kier molecular flexibility index (Phi) is 5.00. The lowest BCUT2D eigenvalue weighted by molar-refractivity contribution is -0.117. The fourth-order valence-corrected chi connectivity index (χ4v) is 2.87. The largest absolute Gasteiger partial charge is 0.337 e. The van der Waals surface area contributed by atoms with Gasteiger partial charge >= 0.3 is 0 Å². The monoisotopic (exact) mass is 386 g/mol. The molecule has 1 saturated carbocycles. The van der Waals surface area contributed by atoms with Crippen LogP contribution in [0.1, 0.15) is 28.8 Å². The molecule has 5 heteroatoms. The minimum atomic E-state index is -0.0502. The fourth-order valence-electron chi connectivity index (χ4n) is 2.46. The van der Waals surface area contributed by atoms with Crippen molar-refractivity contribution in [3.05, 3.63) is 64.1 Å². The molecule has 0 aromatic heterocycles. The van der Waals surface area contributed by atoms with Crippen LogP contribution >= 0.6 is 15.9 Å². The van der Waals surface area contributed by atoms with Crippen molar-refractivity contribution < 1.29 is 9.59 Å². The highest BCUT2D eigenvalue weighted by molar-refractivity contribution is 9.10. The van der Waals surface area contributed by atoms with E-state index in [0.717, 1.165) is 28.6 Å². The lowest BCUT2D eigenvalue weighted by Crippen LogP contribution is -2.26. The summed E-state index contributed by atoms with van der Waals surface area (Å²) in [6.45, 7) is 0.528. The van der Waals surface area contributed by atoms with Gasteiger partial charge in [-0.2, -0.15) is 0 Å². The van der Waals surface area contributed by atoms with Gasteiger partial charge in [0.1, 0.15) is 0 Å². The molecule has 2 aromatic rings. The zero-order valence-electron chi connectivity index (χ0n) is 13.5. The first-order chi connectivity index (χ1) is 11.5. The number of rotatable bonds is 5. The molecule has 2 amide bonds. The maximum Gasteiger partial charge on any atom is 0.253 e. The molecule has 0 bridgehead atoms. The third-order valence-corrected chi connectivity index (χ3v) is 4.83. The number of amides is 2. The van der Waals surface area contributed by atoms with E-state index < -0.39 is 0 Å². The van der Waals surface area contributed by atoms with Gasteiger partial charge in [-0.05, 0) is 48.7 Å². The van der Waals surface area contributed by atoms with Crippen molar-refractivity contribution in [3.63, 3.8) is 0 Å². The molecule has 0 saturated heterocycles. The maximum absolute atomic E-state index is 12.5. The van der Waals surface area contributed by atoms with Gasteiger partial charge < -0.3 is 10.2 Å². The Hall–Kier alpha value is -2.14. The van der Waals surface area contributed by atoms with Gasteiger partial charge in [0, 0.05) is 35.2 Å². The van der Waals surface area contributed by atoms with Crippen molar-refractivity contribution in [3.8, 4) is 0 Å². The van der Waals surface area contributed by atoms with Crippen LogP contribution in [0.4, 0.5) is 5.69 Å². The molecule has 1 N–H and O–H groups in total. The highest BCUT2D eigenvalue weighted by Gasteiger charge is 2.29. The summed E-state index contributed by atoms with van der Waals surface area (Å²) in [4.78, 5) is 26.0. The van der Waals surface area contributed by atoms with Crippen molar-refractivity contribution in [2.45, 2.75) is 19.4 Å². The number of nitrogens with zero attached hydrogens (tertiary/aromatic N) is 1. The molecule has 4 nitrogen and oxygen atoms in total. The van der Waals surface area contributed by atoms with Crippen LogP contribution in [-0.4, -0.2) is 23.8 Å². The predicted molar refractivity (Wildman–Crippen MR) is 97.7 cm³/mol. The van der Waals surface area contributed by atoms with E-state index in [4.69, 9.17) is 0 Å². The van der Waals surface area contributed by atoms with E-state index in [2.05, 4.69) is 21.2 Å². The third kappa shape index (κ3) is 4.03. The molecule has 0 atom stereocenters. The Balaban J connectivity index is 1.63. The molecule has 1 fully saturated rings. The molecule has 3 rings (SSSR count). The Bertz CT molecular complexity index is 754. The number of carbonyl (C=O) groups excluding carboxylic acids is 2. The topological polar surface area (TPSA) is 49.4 Å². The van der Waals surface area contributed by atoms with E-state index in [-0.39, 0.29) is 17.7 Å². The second-order valence-electron chi connectivity index (χ2n) is 6.09. The lowest BCUT2D eigenvalue weighted by Gasteiger charge is -2.18. The van der Waals surface area contributed by atoms with Gasteiger partial charge in [0.15, 0.2) is 0 Å². The molecular formula is C19H19BrN2O2. The molecule has 24 heavy (non-hydrogen) atoms. The minimum Gasteiger partial charge on any atom is -0.337 e. The summed E-state index contributed by atoms with van der Waals surface area (Å²) in [7, 11) is 1.78. The summed E-state index contributed by atoms with van der Waals surface area (Å²) < 4.78 is 0.989. The van der Waals surface area contributed by atoms with E-state index in [1.54, 1.807) is 36.2 Å². The van der Waals surface area contributed by atoms with Crippen LogP contribution in [0.25, 0.3) is 0 Å². The van der Waals surface area contributed by atoms with Gasteiger partial charge in [-0.3, -0.25) is 9.59 Å². The number of halogens is 1. The van der Waals surface area contributed by atoms with Gasteiger partial charge in [-0.1, -0.05) is 34.1 Å². The van der Waals surface area contributed by atoms with Crippen molar-refractivity contribution in [1.29, 1.82) is 0 Å². The molecular weight excluding hydrogens is 368 g/mol. The Morgan fingerprint density at radius 1 is 1.12 bits per heavy atom. The van der Waals surface area contributed by atoms with Gasteiger partial charge in [0.25, 0.3) is 5.91 Å². The molecule has 2 aromatic carbocycles. The number of carbonyl (C=O) groups is 2. The van der Waals surface area contributed by atoms with Crippen LogP contribution in [0.2, 0.25) is 0 Å². The Morgan fingerprint density at radius 3 is 2.42 bits per heavy atom. The van der Waals surface area contributed by atoms with E-state index in [1.807, 2.05) is 24.3 Å². The SMILES string of the molecule is CN(Cc1ccccc1Br)C(=O)c1ccc(NC(=O)C2CC2)cc1. The van der Waals surface area contributed by atoms with Gasteiger partial charge in [0.2, 0.25) is 5.91 Å². The number of benzene rings is 2. The zero-order valence-corrected chi connectivity index (χ0v) is 15.0. The predicted octanol–water partition coefficient (Wildman–Crippen LogP) is 4.07. The standard InChI is InChI=1S/C19H19BrN2O2/c1-22(12-15-4-2-3-5-17(15)20)19(24)14-8-10-16(11-9-14)21-18(23)13-6-7-13/h2-5,8-11,13H,6-7,12H2,1H3,(H,21,23). The quantitative estimate of drug-likeness (QED) is 0.841. The summed E-state index contributed by atoms with van der Waals surface area (Å²) in [6.07, 6.45) is 1.95. The smallest absolute Gasteiger partial charge is 0.253 e. The van der Waals surface area contributed by atoms with E-state index >= 15 is 0 Å². The highest BCUT2D eigenvalue weighted by Crippen LogP contribution is 2.30. The highest BCUT2D eigenvalue weighted by atomic mass is 79.9. The lowest BCUT2D eigenvalue weighted by atomic mass is 10.1. The van der Waals surface area contributed by atoms with Gasteiger partial charge in [0.05, 0.1) is 0 Å². The molecule has 0 aliphatic heterocycles. The summed E-state index contributed by atoms with van der Waals surface area (Å²) in [5.41, 5.74) is 2.40. The third-order valence-electron chi connectivity index (χ3n) is 4.06. The summed E-state index contributed by atoms with van der Waals surface area (Å²) >= 11 is 3.50. The number of anilines is 1. The first-order valence-corrected chi connectivity index (χ1v) is 8.73. The molecule has 0 radical (unpaired) electrons. The maximum atomic E-state index is 12.5. The van der Waals surface area contributed by atoms with Crippen LogP contribution < -0.4 is 5.32 Å². The summed E-state index contributed by atoms with van der Waals surface area (Å²) in [5.74, 6) is 0.188. The average molecular weight is 387 g/mol. The van der Waals surface area contributed by atoms with Gasteiger partial charge in [-0.25, -0.2) is 0 Å². The van der Waals surface area contributed by atoms with Crippen LogP contribution in [0.3, 0.4) is 0 Å². The Labute approximate surface area is 150 Å². The van der Waals surface area contributed by atoms with Crippen LogP contribution in [0.15, 0.2) is 53.0 Å². The van der Waals surface area contributed by atoms with E-state index in [9.17, 15) is 9.59 Å². The average Bonchev–Trinajstić information content (AvgIpc) is 3.42. The summed E-state index contributed by atoms with van der Waals surface area (Å²) in [6, 6.07) is 14.9. The molecule has 0 unspecified atom stereocenters. The van der Waals surface area contributed by atoms with Crippen LogP contribution in [0, 0.1) is 5.92 Å². The first-order valence-electron chi connectivity index (χ1n) is 7.94. The van der Waals surface area contributed by atoms with Crippen molar-refractivity contribution in [2.24, 2.45) is 5.92 Å². The van der Waals surface area contributed by atoms with E-state index in [1.165, 1.54) is 0 Å². The number of hydrogen-bond donors (Lipinski definition) is 1. The van der Waals surface area contributed by atoms with Crippen molar-refractivity contribution in [2.75, 3.05) is 12.4 Å². The minimum absolute atomic E-state index is 0.0502. The Morgan fingerprint density at radius 2 is 1.79 bits per heavy atom. The number of hydrogen-bond acceptors (Lipinski definition) is 2. The van der Waals surface area contributed by atoms with Crippen molar-refractivity contribution in [1.82, 2.24) is 4.90 Å². The zero-order chi connectivity index (χ0) is 17.1. The second kappa shape index (κ2) is 7.18. The number of nitrogens with one attached hydrogen (secondary N) is 1. The molecule has 124 valence electrons. The molecule has 0 heterocycles. The van der Waals surface area contributed by atoms with Crippen LogP contribution in [0.5, 0.6) is 0 Å². The van der Waals surface area contributed by atoms with E-state index in [0.29, 0.717) is 12.1 Å². The molecule has 1 aliphatic rings. The molecule has 1 aliphatic carbocycles. The summed E-state index contributed by atoms with van der Waals surface area (Å²) in [5, 5.41) is 2.88. The first kappa shape index (κ1) is 16.7. The fraction of sp³-hybridized carbons (Fsp3) is 0.263.